The summed E-state index contributed by atoms with van der Waals surface area (Å²) in [6.45, 7) is 1.40. The summed E-state index contributed by atoms with van der Waals surface area (Å²) in [6.07, 6.45) is 1.13. The fraction of sp³-hybridized carbons (Fsp3) is 0.158. The van der Waals surface area contributed by atoms with Crippen molar-refractivity contribution in [3.05, 3.63) is 89.4 Å². The molecule has 0 atom stereocenters. The van der Waals surface area contributed by atoms with E-state index in [1.807, 2.05) is 41.3 Å². The van der Waals surface area contributed by atoms with E-state index in [4.69, 9.17) is 9.52 Å². The molecule has 1 heterocycles. The van der Waals surface area contributed by atoms with E-state index in [9.17, 15) is 9.18 Å². The summed E-state index contributed by atoms with van der Waals surface area (Å²) in [5, 5.41) is 8.96. The van der Waals surface area contributed by atoms with Crippen molar-refractivity contribution in [2.75, 3.05) is 0 Å². The second kappa shape index (κ2) is 7.72. The standard InChI is InChI=1S/C19H17FN2O3/c20-16-8-4-7-15(9-16)11-22(10-14-5-2-1-3-6-14)12-18-21-17(13-25-18)19(23)24/h1-9,13H,10-12H2,(H,23,24). The zero-order chi connectivity index (χ0) is 17.6. The maximum Gasteiger partial charge on any atom is 0.357 e. The van der Waals surface area contributed by atoms with Gasteiger partial charge in [0.1, 0.15) is 12.1 Å². The highest BCUT2D eigenvalue weighted by Crippen LogP contribution is 2.15. The van der Waals surface area contributed by atoms with E-state index >= 15 is 0 Å². The number of carboxylic acid groups (broad SMARTS) is 1. The molecule has 2 aromatic carbocycles. The maximum absolute atomic E-state index is 13.4. The minimum absolute atomic E-state index is 0.125. The molecule has 0 amide bonds. The monoisotopic (exact) mass is 340 g/mol. The van der Waals surface area contributed by atoms with Crippen molar-refractivity contribution >= 4 is 5.97 Å². The van der Waals surface area contributed by atoms with Gasteiger partial charge in [-0.1, -0.05) is 42.5 Å². The summed E-state index contributed by atoms with van der Waals surface area (Å²) < 4.78 is 18.7. The molecule has 0 bridgehead atoms. The highest BCUT2D eigenvalue weighted by atomic mass is 19.1. The molecule has 0 aliphatic heterocycles. The van der Waals surface area contributed by atoms with Crippen LogP contribution in [-0.2, 0) is 19.6 Å². The third-order valence-corrected chi connectivity index (χ3v) is 3.67. The van der Waals surface area contributed by atoms with Crippen molar-refractivity contribution in [1.82, 2.24) is 9.88 Å². The fourth-order valence-electron chi connectivity index (χ4n) is 2.58. The van der Waals surface area contributed by atoms with E-state index in [1.54, 1.807) is 6.07 Å². The molecule has 0 fully saturated rings. The van der Waals surface area contributed by atoms with Crippen molar-refractivity contribution in [2.45, 2.75) is 19.6 Å². The lowest BCUT2D eigenvalue weighted by Crippen LogP contribution is -2.22. The molecule has 6 heteroatoms. The SMILES string of the molecule is O=C(O)c1coc(CN(Cc2ccccc2)Cc2cccc(F)c2)n1. The topological polar surface area (TPSA) is 66.6 Å². The molecule has 0 aliphatic carbocycles. The predicted molar refractivity (Wildman–Crippen MR) is 89.3 cm³/mol. The van der Waals surface area contributed by atoms with Gasteiger partial charge in [0.05, 0.1) is 6.54 Å². The van der Waals surface area contributed by atoms with E-state index in [0.29, 0.717) is 25.5 Å². The van der Waals surface area contributed by atoms with Gasteiger partial charge in [-0.05, 0) is 23.3 Å². The van der Waals surface area contributed by atoms with Crippen LogP contribution in [0.25, 0.3) is 0 Å². The Hall–Kier alpha value is -2.99. The number of hydrogen-bond donors (Lipinski definition) is 1. The molecular weight excluding hydrogens is 323 g/mol. The van der Waals surface area contributed by atoms with Crippen molar-refractivity contribution in [2.24, 2.45) is 0 Å². The Morgan fingerprint density at radius 1 is 1.04 bits per heavy atom. The maximum atomic E-state index is 13.4. The lowest BCUT2D eigenvalue weighted by Gasteiger charge is -2.21. The first kappa shape index (κ1) is 16.9. The van der Waals surface area contributed by atoms with Gasteiger partial charge in [-0.15, -0.1) is 0 Å². The van der Waals surface area contributed by atoms with Crippen molar-refractivity contribution < 1.29 is 18.7 Å². The molecule has 3 rings (SSSR count). The summed E-state index contributed by atoms with van der Waals surface area (Å²) in [7, 11) is 0. The lowest BCUT2D eigenvalue weighted by atomic mass is 10.1. The van der Waals surface area contributed by atoms with Crippen LogP contribution < -0.4 is 0 Å². The summed E-state index contributed by atoms with van der Waals surface area (Å²) in [6, 6.07) is 16.2. The predicted octanol–water partition coefficient (Wildman–Crippen LogP) is 3.71. The smallest absolute Gasteiger partial charge is 0.357 e. The van der Waals surface area contributed by atoms with Crippen LogP contribution in [0.3, 0.4) is 0 Å². The number of oxazole rings is 1. The zero-order valence-corrected chi connectivity index (χ0v) is 13.4. The summed E-state index contributed by atoms with van der Waals surface area (Å²) in [5.41, 5.74) is 1.78. The third-order valence-electron chi connectivity index (χ3n) is 3.67. The van der Waals surface area contributed by atoms with Crippen LogP contribution in [0.2, 0.25) is 0 Å². The Bertz CT molecular complexity index is 849. The largest absolute Gasteiger partial charge is 0.476 e. The number of hydrogen-bond acceptors (Lipinski definition) is 4. The molecule has 0 radical (unpaired) electrons. The lowest BCUT2D eigenvalue weighted by molar-refractivity contribution is 0.0690. The van der Waals surface area contributed by atoms with E-state index in [0.717, 1.165) is 17.4 Å². The quantitative estimate of drug-likeness (QED) is 0.710. The van der Waals surface area contributed by atoms with Gasteiger partial charge in [-0.25, -0.2) is 14.2 Å². The van der Waals surface area contributed by atoms with Crippen LogP contribution in [0.1, 0.15) is 27.5 Å². The Labute approximate surface area is 144 Å². The van der Waals surface area contributed by atoms with E-state index in [1.165, 1.54) is 12.1 Å². The van der Waals surface area contributed by atoms with Gasteiger partial charge in [-0.2, -0.15) is 0 Å². The highest BCUT2D eigenvalue weighted by molar-refractivity contribution is 5.84. The second-order valence-electron chi connectivity index (χ2n) is 5.69. The van der Waals surface area contributed by atoms with E-state index < -0.39 is 5.97 Å². The zero-order valence-electron chi connectivity index (χ0n) is 13.4. The molecule has 1 aromatic heterocycles. The molecule has 0 unspecified atom stereocenters. The van der Waals surface area contributed by atoms with Gasteiger partial charge in [-0.3, -0.25) is 4.90 Å². The first-order chi connectivity index (χ1) is 12.1. The Morgan fingerprint density at radius 3 is 2.44 bits per heavy atom. The molecule has 0 saturated carbocycles. The number of nitrogens with zero attached hydrogens (tertiary/aromatic N) is 2. The summed E-state index contributed by atoms with van der Waals surface area (Å²) in [4.78, 5) is 16.9. The van der Waals surface area contributed by atoms with Crippen LogP contribution in [0.15, 0.2) is 65.3 Å². The number of rotatable bonds is 7. The minimum Gasteiger partial charge on any atom is -0.476 e. The molecule has 0 saturated heterocycles. The van der Waals surface area contributed by atoms with Crippen molar-refractivity contribution in [3.63, 3.8) is 0 Å². The number of carbonyl (C=O) groups is 1. The average Bonchev–Trinajstić information content (AvgIpc) is 3.04. The van der Waals surface area contributed by atoms with E-state index in [2.05, 4.69) is 4.98 Å². The van der Waals surface area contributed by atoms with Crippen LogP contribution >= 0.6 is 0 Å². The van der Waals surface area contributed by atoms with Crippen LogP contribution in [0, 0.1) is 5.82 Å². The number of benzene rings is 2. The van der Waals surface area contributed by atoms with Gasteiger partial charge >= 0.3 is 5.97 Å². The van der Waals surface area contributed by atoms with Crippen molar-refractivity contribution in [3.8, 4) is 0 Å². The molecule has 0 aliphatic rings. The number of halogens is 1. The number of carboxylic acids is 1. The fourth-order valence-corrected chi connectivity index (χ4v) is 2.58. The molecule has 5 nitrogen and oxygen atoms in total. The molecule has 1 N–H and O–H groups in total. The number of aromatic nitrogens is 1. The first-order valence-electron chi connectivity index (χ1n) is 7.78. The van der Waals surface area contributed by atoms with Crippen molar-refractivity contribution in [1.29, 1.82) is 0 Å². The van der Waals surface area contributed by atoms with Gasteiger partial charge in [0.2, 0.25) is 5.89 Å². The highest BCUT2D eigenvalue weighted by Gasteiger charge is 2.15. The minimum atomic E-state index is -1.13. The third kappa shape index (κ3) is 4.74. The van der Waals surface area contributed by atoms with Gasteiger partial charge in [0.25, 0.3) is 0 Å². The van der Waals surface area contributed by atoms with Gasteiger partial charge < -0.3 is 9.52 Å². The Kier molecular flexibility index (Phi) is 5.20. The first-order valence-corrected chi connectivity index (χ1v) is 7.78. The Balaban J connectivity index is 1.78. The molecule has 3 aromatic rings. The molecule has 128 valence electrons. The van der Waals surface area contributed by atoms with Crippen LogP contribution in [0.5, 0.6) is 0 Å². The van der Waals surface area contributed by atoms with Crippen LogP contribution in [-0.4, -0.2) is 21.0 Å². The molecule has 25 heavy (non-hydrogen) atoms. The molecular formula is C19H17FN2O3. The van der Waals surface area contributed by atoms with Crippen LogP contribution in [0.4, 0.5) is 4.39 Å². The van der Waals surface area contributed by atoms with Gasteiger partial charge in [0, 0.05) is 13.1 Å². The Morgan fingerprint density at radius 2 is 1.76 bits per heavy atom. The van der Waals surface area contributed by atoms with E-state index in [-0.39, 0.29) is 11.5 Å². The number of aromatic carboxylic acids is 1. The van der Waals surface area contributed by atoms with Gasteiger partial charge in [0.15, 0.2) is 5.69 Å². The average molecular weight is 340 g/mol. The second-order valence-corrected chi connectivity index (χ2v) is 5.69. The molecule has 0 spiro atoms. The normalized spacial score (nSPS) is 11.0. The summed E-state index contributed by atoms with van der Waals surface area (Å²) in [5.74, 6) is -1.11. The summed E-state index contributed by atoms with van der Waals surface area (Å²) >= 11 is 0.